The Kier molecular flexibility index (Phi) is 4.21. The van der Waals surface area contributed by atoms with Crippen molar-refractivity contribution >= 4 is 22.2 Å². The van der Waals surface area contributed by atoms with Crippen LogP contribution in [0.2, 0.25) is 0 Å². The Morgan fingerprint density at radius 2 is 2.09 bits per heavy atom. The number of nitrogens with two attached hydrogens (primary N) is 1. The van der Waals surface area contributed by atoms with Crippen molar-refractivity contribution in [2.75, 3.05) is 5.73 Å². The van der Waals surface area contributed by atoms with Crippen LogP contribution < -0.4 is 11.1 Å². The number of hydrogen-bond donors (Lipinski definition) is 2. The average Bonchev–Trinajstić information content (AvgIpc) is 2.81. The smallest absolute Gasteiger partial charge is 0.254 e. The fourth-order valence-electron chi connectivity index (χ4n) is 3.00. The van der Waals surface area contributed by atoms with Gasteiger partial charge in [-0.1, -0.05) is 36.8 Å². The summed E-state index contributed by atoms with van der Waals surface area (Å²) in [5.41, 5.74) is 10.3. The summed E-state index contributed by atoms with van der Waals surface area (Å²) in [4.78, 5) is 13.8. The second-order valence-electron chi connectivity index (χ2n) is 6.26. The summed E-state index contributed by atoms with van der Waals surface area (Å²) in [6, 6.07) is 8.21. The number of anilines is 1. The van der Waals surface area contributed by atoms with E-state index in [0.29, 0.717) is 17.5 Å². The van der Waals surface area contributed by atoms with Crippen molar-refractivity contribution in [1.29, 1.82) is 0 Å². The molecule has 0 aliphatic heterocycles. The summed E-state index contributed by atoms with van der Waals surface area (Å²) in [6.45, 7) is 4.86. The predicted molar refractivity (Wildman–Crippen MR) is 92.3 cm³/mol. The number of amides is 1. The van der Waals surface area contributed by atoms with E-state index < -0.39 is 0 Å². The third-order valence-electron chi connectivity index (χ3n) is 4.34. The number of carbonyl (C=O) groups is 1. The third-order valence-corrected chi connectivity index (χ3v) is 5.42. The lowest BCUT2D eigenvalue weighted by Gasteiger charge is -2.18. The van der Waals surface area contributed by atoms with E-state index in [1.54, 1.807) is 11.3 Å². The molecule has 1 aromatic heterocycles. The molecule has 2 aromatic rings. The van der Waals surface area contributed by atoms with Crippen LogP contribution in [-0.4, -0.2) is 5.91 Å². The van der Waals surface area contributed by atoms with Gasteiger partial charge in [-0.2, -0.15) is 0 Å². The number of thiophene rings is 1. The fourth-order valence-corrected chi connectivity index (χ4v) is 4.28. The van der Waals surface area contributed by atoms with Gasteiger partial charge in [0, 0.05) is 11.4 Å². The molecule has 3 rings (SSSR count). The van der Waals surface area contributed by atoms with Gasteiger partial charge in [0.15, 0.2) is 0 Å². The Morgan fingerprint density at radius 1 is 1.36 bits per heavy atom. The zero-order chi connectivity index (χ0) is 15.7. The van der Waals surface area contributed by atoms with Crippen molar-refractivity contribution in [3.05, 3.63) is 51.4 Å². The maximum atomic E-state index is 12.5. The summed E-state index contributed by atoms with van der Waals surface area (Å²) in [7, 11) is 0. The van der Waals surface area contributed by atoms with Crippen LogP contribution in [0, 0.1) is 12.8 Å². The van der Waals surface area contributed by atoms with E-state index >= 15 is 0 Å². The van der Waals surface area contributed by atoms with Crippen LogP contribution in [0.4, 0.5) is 5.00 Å². The summed E-state index contributed by atoms with van der Waals surface area (Å²) < 4.78 is 0. The van der Waals surface area contributed by atoms with Crippen LogP contribution in [-0.2, 0) is 19.4 Å². The standard InChI is InChI=1S/C18H22N2OS/c1-11-3-6-13(7-4-11)10-20-18(21)16-14-8-5-12(2)9-15(14)22-17(16)19/h3-4,6-7,12H,5,8-10,19H2,1-2H3,(H,20,21). The number of aryl methyl sites for hydroxylation is 1. The number of carbonyl (C=O) groups excluding carboxylic acids is 1. The lowest BCUT2D eigenvalue weighted by Crippen LogP contribution is -2.25. The molecule has 3 nitrogen and oxygen atoms in total. The number of fused-ring (bicyclic) bond motifs is 1. The van der Waals surface area contributed by atoms with E-state index in [1.807, 2.05) is 12.1 Å². The number of rotatable bonds is 3. The first-order valence-corrected chi connectivity index (χ1v) is 8.60. The molecule has 116 valence electrons. The van der Waals surface area contributed by atoms with E-state index in [4.69, 9.17) is 5.73 Å². The summed E-state index contributed by atoms with van der Waals surface area (Å²) in [6.07, 6.45) is 3.16. The molecule has 0 bridgehead atoms. The Bertz CT molecular complexity index is 688. The van der Waals surface area contributed by atoms with Gasteiger partial charge in [0.1, 0.15) is 0 Å². The van der Waals surface area contributed by atoms with E-state index in [1.165, 1.54) is 16.0 Å². The number of hydrogen-bond acceptors (Lipinski definition) is 3. The molecule has 4 heteroatoms. The molecule has 0 saturated carbocycles. The van der Waals surface area contributed by atoms with Gasteiger partial charge in [-0.15, -0.1) is 11.3 Å². The number of nitrogen functional groups attached to an aromatic ring is 1. The Morgan fingerprint density at radius 3 is 2.82 bits per heavy atom. The molecule has 1 heterocycles. The summed E-state index contributed by atoms with van der Waals surface area (Å²) in [5.74, 6) is 0.652. The number of benzene rings is 1. The molecule has 1 amide bonds. The van der Waals surface area contributed by atoms with Crippen molar-refractivity contribution < 1.29 is 4.79 Å². The average molecular weight is 314 g/mol. The van der Waals surface area contributed by atoms with Gasteiger partial charge in [-0.3, -0.25) is 4.79 Å². The van der Waals surface area contributed by atoms with E-state index in [2.05, 4.69) is 31.3 Å². The van der Waals surface area contributed by atoms with Crippen molar-refractivity contribution in [1.82, 2.24) is 5.32 Å². The van der Waals surface area contributed by atoms with E-state index in [0.717, 1.165) is 30.4 Å². The maximum absolute atomic E-state index is 12.5. The fraction of sp³-hybridized carbons (Fsp3) is 0.389. The van der Waals surface area contributed by atoms with Gasteiger partial charge < -0.3 is 11.1 Å². The summed E-state index contributed by atoms with van der Waals surface area (Å²) >= 11 is 1.59. The van der Waals surface area contributed by atoms with Gasteiger partial charge in [0.05, 0.1) is 10.6 Å². The quantitative estimate of drug-likeness (QED) is 0.907. The highest BCUT2D eigenvalue weighted by Gasteiger charge is 2.26. The zero-order valence-electron chi connectivity index (χ0n) is 13.1. The highest BCUT2D eigenvalue weighted by molar-refractivity contribution is 7.16. The summed E-state index contributed by atoms with van der Waals surface area (Å²) in [5, 5.41) is 3.68. The second kappa shape index (κ2) is 6.13. The Labute approximate surface area is 135 Å². The van der Waals surface area contributed by atoms with E-state index in [9.17, 15) is 4.79 Å². The maximum Gasteiger partial charge on any atom is 0.254 e. The van der Waals surface area contributed by atoms with Gasteiger partial charge in [-0.25, -0.2) is 0 Å². The monoisotopic (exact) mass is 314 g/mol. The first kappa shape index (κ1) is 15.1. The van der Waals surface area contributed by atoms with Crippen molar-refractivity contribution in [3.63, 3.8) is 0 Å². The molecule has 1 atom stereocenters. The van der Waals surface area contributed by atoms with Crippen LogP contribution in [0.3, 0.4) is 0 Å². The molecule has 1 aliphatic carbocycles. The minimum Gasteiger partial charge on any atom is -0.390 e. The molecular formula is C18H22N2OS. The Hall–Kier alpha value is -1.81. The molecule has 0 spiro atoms. The molecule has 22 heavy (non-hydrogen) atoms. The zero-order valence-corrected chi connectivity index (χ0v) is 13.9. The van der Waals surface area contributed by atoms with Crippen molar-refractivity contribution in [2.24, 2.45) is 5.92 Å². The minimum atomic E-state index is -0.0369. The first-order valence-electron chi connectivity index (χ1n) is 7.78. The number of nitrogens with one attached hydrogen (secondary N) is 1. The highest BCUT2D eigenvalue weighted by atomic mass is 32.1. The SMILES string of the molecule is Cc1ccc(CNC(=O)c2c(N)sc3c2CCC(C)C3)cc1. The lowest BCUT2D eigenvalue weighted by molar-refractivity contribution is 0.0951. The van der Waals surface area contributed by atoms with Gasteiger partial charge >= 0.3 is 0 Å². The van der Waals surface area contributed by atoms with Crippen LogP contribution >= 0.6 is 11.3 Å². The predicted octanol–water partition coefficient (Wildman–Crippen LogP) is 3.69. The van der Waals surface area contributed by atoms with E-state index in [-0.39, 0.29) is 5.91 Å². The van der Waals surface area contributed by atoms with Crippen LogP contribution in [0.25, 0.3) is 0 Å². The molecule has 0 saturated heterocycles. The molecular weight excluding hydrogens is 292 g/mol. The lowest BCUT2D eigenvalue weighted by atomic mass is 9.88. The molecule has 3 N–H and O–H groups in total. The normalized spacial score (nSPS) is 17.1. The molecule has 1 aromatic carbocycles. The van der Waals surface area contributed by atoms with Gasteiger partial charge in [-0.05, 0) is 43.2 Å². The largest absolute Gasteiger partial charge is 0.390 e. The second-order valence-corrected chi connectivity index (χ2v) is 7.40. The first-order chi connectivity index (χ1) is 10.5. The highest BCUT2D eigenvalue weighted by Crippen LogP contribution is 2.37. The van der Waals surface area contributed by atoms with Crippen LogP contribution in [0.15, 0.2) is 24.3 Å². The van der Waals surface area contributed by atoms with Crippen LogP contribution in [0.5, 0.6) is 0 Å². The third kappa shape index (κ3) is 3.02. The molecule has 1 aliphatic rings. The molecule has 0 fully saturated rings. The van der Waals surface area contributed by atoms with Crippen molar-refractivity contribution in [2.45, 2.75) is 39.7 Å². The van der Waals surface area contributed by atoms with Crippen LogP contribution in [0.1, 0.15) is 45.3 Å². The topological polar surface area (TPSA) is 55.1 Å². The van der Waals surface area contributed by atoms with Crippen molar-refractivity contribution in [3.8, 4) is 0 Å². The van der Waals surface area contributed by atoms with Gasteiger partial charge in [0.2, 0.25) is 0 Å². The van der Waals surface area contributed by atoms with Gasteiger partial charge in [0.25, 0.3) is 5.91 Å². The Balaban J connectivity index is 1.74. The molecule has 1 unspecified atom stereocenters. The minimum absolute atomic E-state index is 0.0369. The molecule has 0 radical (unpaired) electrons.